The highest BCUT2D eigenvalue weighted by molar-refractivity contribution is 5.97. The molecule has 1 fully saturated rings. The molecule has 3 rings (SSSR count). The summed E-state index contributed by atoms with van der Waals surface area (Å²) in [5, 5.41) is 6.41. The summed E-state index contributed by atoms with van der Waals surface area (Å²) in [6, 6.07) is 12.3. The number of hydrogen-bond acceptors (Lipinski definition) is 3. The van der Waals surface area contributed by atoms with E-state index < -0.39 is 0 Å². The normalized spacial score (nSPS) is 15.8. The first-order valence-electron chi connectivity index (χ1n) is 10.7. The number of hydrogen-bond donors (Lipinski definition) is 3. The standard InChI is InChI=1S/C24H34N4O/c1-6-27-11-13-28(14-12-27)22-9-7-21(8-10-22)25-20(5)24(29)26-23-18(3)15-17(2)16-19(23)4/h7-10,15-16,20,25H,6,11-14H2,1-5H3,(H,26,29)/p+1/t20-/m0/s1. The van der Waals surface area contributed by atoms with Gasteiger partial charge in [-0.25, -0.2) is 0 Å². The largest absolute Gasteiger partial charge is 0.374 e. The first-order chi connectivity index (χ1) is 13.9. The summed E-state index contributed by atoms with van der Waals surface area (Å²) >= 11 is 0. The molecule has 0 bridgehead atoms. The van der Waals surface area contributed by atoms with Crippen molar-refractivity contribution in [2.24, 2.45) is 0 Å². The maximum Gasteiger partial charge on any atom is 0.246 e. The van der Waals surface area contributed by atoms with Crippen LogP contribution in [0.5, 0.6) is 0 Å². The number of likely N-dealkylation sites (N-methyl/N-ethyl adjacent to an activating group) is 1. The van der Waals surface area contributed by atoms with Crippen molar-refractivity contribution in [3.63, 3.8) is 0 Å². The van der Waals surface area contributed by atoms with Gasteiger partial charge >= 0.3 is 0 Å². The van der Waals surface area contributed by atoms with Crippen molar-refractivity contribution >= 4 is 23.0 Å². The van der Waals surface area contributed by atoms with Gasteiger partial charge in [0.25, 0.3) is 0 Å². The average Bonchev–Trinajstić information content (AvgIpc) is 2.71. The molecule has 29 heavy (non-hydrogen) atoms. The maximum absolute atomic E-state index is 12.7. The number of nitrogens with zero attached hydrogens (tertiary/aromatic N) is 1. The lowest BCUT2D eigenvalue weighted by Gasteiger charge is -2.33. The van der Waals surface area contributed by atoms with Crippen molar-refractivity contribution in [1.29, 1.82) is 0 Å². The van der Waals surface area contributed by atoms with Crippen LogP contribution >= 0.6 is 0 Å². The van der Waals surface area contributed by atoms with E-state index in [4.69, 9.17) is 0 Å². The van der Waals surface area contributed by atoms with E-state index in [0.717, 1.165) is 35.6 Å². The molecule has 0 aromatic heterocycles. The molecule has 3 N–H and O–H groups in total. The van der Waals surface area contributed by atoms with Crippen molar-refractivity contribution in [3.8, 4) is 0 Å². The van der Waals surface area contributed by atoms with Crippen molar-refractivity contribution in [1.82, 2.24) is 0 Å². The molecule has 0 saturated carbocycles. The molecule has 1 heterocycles. The molecule has 0 unspecified atom stereocenters. The number of aryl methyl sites for hydroxylation is 3. The molecule has 1 atom stereocenters. The molecule has 5 nitrogen and oxygen atoms in total. The van der Waals surface area contributed by atoms with E-state index in [1.54, 1.807) is 4.90 Å². The molecular weight excluding hydrogens is 360 g/mol. The van der Waals surface area contributed by atoms with Gasteiger partial charge < -0.3 is 20.4 Å². The molecule has 1 aliphatic rings. The molecule has 156 valence electrons. The molecule has 0 radical (unpaired) electrons. The number of carbonyl (C=O) groups excluding carboxylic acids is 1. The molecule has 1 amide bonds. The Kier molecular flexibility index (Phi) is 6.80. The van der Waals surface area contributed by atoms with E-state index in [2.05, 4.69) is 65.8 Å². The van der Waals surface area contributed by atoms with Gasteiger partial charge in [0.15, 0.2) is 0 Å². The summed E-state index contributed by atoms with van der Waals surface area (Å²) in [5.74, 6) is -0.0252. The first-order valence-corrected chi connectivity index (χ1v) is 10.7. The Morgan fingerprint density at radius 1 is 1.07 bits per heavy atom. The minimum atomic E-state index is -0.322. The number of rotatable bonds is 6. The second-order valence-corrected chi connectivity index (χ2v) is 8.27. The fourth-order valence-corrected chi connectivity index (χ4v) is 4.13. The Balaban J connectivity index is 1.58. The first kappa shape index (κ1) is 21.2. The van der Waals surface area contributed by atoms with Gasteiger partial charge in [0.2, 0.25) is 5.91 Å². The number of anilines is 3. The van der Waals surface area contributed by atoms with Crippen LogP contribution in [-0.2, 0) is 4.79 Å². The van der Waals surface area contributed by atoms with E-state index in [9.17, 15) is 4.79 Å². The van der Waals surface area contributed by atoms with Gasteiger partial charge in [-0.05, 0) is 70.0 Å². The average molecular weight is 396 g/mol. The molecule has 0 spiro atoms. The number of amides is 1. The van der Waals surface area contributed by atoms with Gasteiger partial charge in [0, 0.05) is 17.1 Å². The van der Waals surface area contributed by atoms with Crippen LogP contribution in [0.1, 0.15) is 30.5 Å². The molecular formula is C24H35N4O+. The van der Waals surface area contributed by atoms with E-state index in [1.165, 1.54) is 30.9 Å². The van der Waals surface area contributed by atoms with Gasteiger partial charge in [-0.3, -0.25) is 4.79 Å². The fraction of sp³-hybridized carbons (Fsp3) is 0.458. The predicted octanol–water partition coefficient (Wildman–Crippen LogP) is 2.78. The molecule has 5 heteroatoms. The topological polar surface area (TPSA) is 48.8 Å². The number of carbonyl (C=O) groups is 1. The van der Waals surface area contributed by atoms with Crippen LogP contribution in [0.3, 0.4) is 0 Å². The number of nitrogens with one attached hydrogen (secondary N) is 3. The van der Waals surface area contributed by atoms with Crippen molar-refractivity contribution < 1.29 is 9.69 Å². The Hall–Kier alpha value is -2.53. The third kappa shape index (κ3) is 5.30. The summed E-state index contributed by atoms with van der Waals surface area (Å²) in [4.78, 5) is 16.8. The molecule has 1 saturated heterocycles. The third-order valence-electron chi connectivity index (χ3n) is 5.90. The van der Waals surface area contributed by atoms with Crippen LogP contribution < -0.4 is 20.4 Å². The lowest BCUT2D eigenvalue weighted by Crippen LogP contribution is -3.14. The van der Waals surface area contributed by atoms with Gasteiger partial charge in [-0.15, -0.1) is 0 Å². The van der Waals surface area contributed by atoms with Crippen LogP contribution in [0.25, 0.3) is 0 Å². The maximum atomic E-state index is 12.7. The Morgan fingerprint density at radius 2 is 1.66 bits per heavy atom. The Labute approximate surface area is 175 Å². The SMILES string of the molecule is CC[NH+]1CCN(c2ccc(N[C@@H](C)C(=O)Nc3c(C)cc(C)cc3C)cc2)CC1. The van der Waals surface area contributed by atoms with Crippen molar-refractivity contribution in [2.45, 2.75) is 40.7 Å². The van der Waals surface area contributed by atoms with Gasteiger partial charge in [-0.2, -0.15) is 0 Å². The number of piperazine rings is 1. The van der Waals surface area contributed by atoms with Crippen LogP contribution in [0.2, 0.25) is 0 Å². The highest BCUT2D eigenvalue weighted by atomic mass is 16.2. The van der Waals surface area contributed by atoms with Gasteiger partial charge in [0.05, 0.1) is 32.7 Å². The van der Waals surface area contributed by atoms with E-state index in [1.807, 2.05) is 20.8 Å². The Bertz CT molecular complexity index is 815. The summed E-state index contributed by atoms with van der Waals surface area (Å²) < 4.78 is 0. The van der Waals surface area contributed by atoms with E-state index in [-0.39, 0.29) is 11.9 Å². The zero-order valence-electron chi connectivity index (χ0n) is 18.4. The second kappa shape index (κ2) is 9.31. The third-order valence-corrected chi connectivity index (χ3v) is 5.90. The predicted molar refractivity (Wildman–Crippen MR) is 122 cm³/mol. The van der Waals surface area contributed by atoms with E-state index >= 15 is 0 Å². The van der Waals surface area contributed by atoms with Crippen molar-refractivity contribution in [2.75, 3.05) is 48.3 Å². The minimum Gasteiger partial charge on any atom is -0.374 e. The number of benzene rings is 2. The quantitative estimate of drug-likeness (QED) is 0.705. The van der Waals surface area contributed by atoms with Gasteiger partial charge in [-0.1, -0.05) is 17.7 Å². The highest BCUT2D eigenvalue weighted by Crippen LogP contribution is 2.23. The summed E-state index contributed by atoms with van der Waals surface area (Å²) in [7, 11) is 0. The lowest BCUT2D eigenvalue weighted by atomic mass is 10.0. The van der Waals surface area contributed by atoms with E-state index in [0.29, 0.717) is 0 Å². The molecule has 0 aliphatic carbocycles. The summed E-state index contributed by atoms with van der Waals surface area (Å²) in [5.41, 5.74) is 6.54. The van der Waals surface area contributed by atoms with Gasteiger partial charge in [0.1, 0.15) is 6.04 Å². The molecule has 2 aromatic rings. The zero-order valence-corrected chi connectivity index (χ0v) is 18.4. The zero-order chi connectivity index (χ0) is 21.0. The van der Waals surface area contributed by atoms with Crippen LogP contribution in [0.4, 0.5) is 17.1 Å². The summed E-state index contributed by atoms with van der Waals surface area (Å²) in [6.45, 7) is 16.1. The second-order valence-electron chi connectivity index (χ2n) is 8.27. The number of quaternary nitrogens is 1. The molecule has 1 aliphatic heterocycles. The van der Waals surface area contributed by atoms with Crippen molar-refractivity contribution in [3.05, 3.63) is 53.1 Å². The van der Waals surface area contributed by atoms with Crippen LogP contribution in [0, 0.1) is 20.8 Å². The minimum absolute atomic E-state index is 0.0252. The molecule has 2 aromatic carbocycles. The fourth-order valence-electron chi connectivity index (χ4n) is 4.13. The van der Waals surface area contributed by atoms with Crippen LogP contribution in [0.15, 0.2) is 36.4 Å². The Morgan fingerprint density at radius 3 is 2.21 bits per heavy atom. The van der Waals surface area contributed by atoms with Crippen LogP contribution in [-0.4, -0.2) is 44.7 Å². The monoisotopic (exact) mass is 395 g/mol. The lowest BCUT2D eigenvalue weighted by molar-refractivity contribution is -0.898. The smallest absolute Gasteiger partial charge is 0.246 e. The highest BCUT2D eigenvalue weighted by Gasteiger charge is 2.19. The summed E-state index contributed by atoms with van der Waals surface area (Å²) in [6.07, 6.45) is 0.